The SMILES string of the molecule is CCCN1CCCC(Nc2ccc3[nH]ncc3c2)C1. The maximum Gasteiger partial charge on any atom is 0.0651 e. The smallest absolute Gasteiger partial charge is 0.0651 e. The fourth-order valence-electron chi connectivity index (χ4n) is 2.96. The van der Waals surface area contributed by atoms with Crippen molar-refractivity contribution in [3.05, 3.63) is 24.4 Å². The minimum Gasteiger partial charge on any atom is -0.381 e. The second-order valence-electron chi connectivity index (χ2n) is 5.46. The summed E-state index contributed by atoms with van der Waals surface area (Å²) in [6.07, 6.45) is 5.69. The molecule has 1 aliphatic rings. The number of aromatic nitrogens is 2. The highest BCUT2D eigenvalue weighted by atomic mass is 15.2. The molecule has 1 aromatic carbocycles. The summed E-state index contributed by atoms with van der Waals surface area (Å²) < 4.78 is 0. The van der Waals surface area contributed by atoms with Gasteiger partial charge in [-0.1, -0.05) is 6.92 Å². The number of nitrogens with zero attached hydrogens (tertiary/aromatic N) is 2. The zero-order valence-electron chi connectivity index (χ0n) is 11.5. The Hall–Kier alpha value is -1.55. The van der Waals surface area contributed by atoms with Crippen molar-refractivity contribution < 1.29 is 0 Å². The first kappa shape index (κ1) is 12.5. The van der Waals surface area contributed by atoms with Crippen LogP contribution in [0.3, 0.4) is 0 Å². The molecule has 4 nitrogen and oxygen atoms in total. The molecule has 102 valence electrons. The third kappa shape index (κ3) is 2.89. The molecule has 1 aromatic heterocycles. The zero-order chi connectivity index (χ0) is 13.1. The molecule has 19 heavy (non-hydrogen) atoms. The van der Waals surface area contributed by atoms with Crippen molar-refractivity contribution >= 4 is 16.6 Å². The summed E-state index contributed by atoms with van der Waals surface area (Å²) >= 11 is 0. The average molecular weight is 258 g/mol. The summed E-state index contributed by atoms with van der Waals surface area (Å²) in [5, 5.41) is 11.9. The molecule has 0 saturated carbocycles. The van der Waals surface area contributed by atoms with E-state index in [2.05, 4.69) is 45.5 Å². The molecule has 0 spiro atoms. The quantitative estimate of drug-likeness (QED) is 0.886. The molecule has 0 aliphatic carbocycles. The Kier molecular flexibility index (Phi) is 3.69. The first-order chi connectivity index (χ1) is 9.35. The summed E-state index contributed by atoms with van der Waals surface area (Å²) in [4.78, 5) is 2.57. The molecule has 1 saturated heterocycles. The van der Waals surface area contributed by atoms with Crippen LogP contribution in [0.15, 0.2) is 24.4 Å². The van der Waals surface area contributed by atoms with Gasteiger partial charge in [-0.2, -0.15) is 5.10 Å². The number of hydrogen-bond acceptors (Lipinski definition) is 3. The summed E-state index contributed by atoms with van der Waals surface area (Å²) in [5.74, 6) is 0. The Balaban J connectivity index is 1.66. The minimum absolute atomic E-state index is 0.574. The Labute approximate surface area is 114 Å². The molecule has 4 heteroatoms. The number of nitrogens with one attached hydrogen (secondary N) is 2. The number of likely N-dealkylation sites (tertiary alicyclic amines) is 1. The van der Waals surface area contributed by atoms with Crippen molar-refractivity contribution in [1.29, 1.82) is 0 Å². The van der Waals surface area contributed by atoms with Crippen LogP contribution < -0.4 is 5.32 Å². The van der Waals surface area contributed by atoms with Crippen molar-refractivity contribution in [1.82, 2.24) is 15.1 Å². The lowest BCUT2D eigenvalue weighted by Crippen LogP contribution is -2.42. The number of hydrogen-bond donors (Lipinski definition) is 2. The second-order valence-corrected chi connectivity index (χ2v) is 5.46. The van der Waals surface area contributed by atoms with Crippen molar-refractivity contribution in [3.8, 4) is 0 Å². The molecule has 1 aliphatic heterocycles. The van der Waals surface area contributed by atoms with Crippen molar-refractivity contribution in [2.75, 3.05) is 25.0 Å². The molecule has 0 bridgehead atoms. The van der Waals surface area contributed by atoms with E-state index < -0.39 is 0 Å². The fourth-order valence-corrected chi connectivity index (χ4v) is 2.96. The first-order valence-corrected chi connectivity index (χ1v) is 7.27. The van der Waals surface area contributed by atoms with E-state index in [1.165, 1.54) is 43.4 Å². The molecule has 1 unspecified atom stereocenters. The fraction of sp³-hybridized carbons (Fsp3) is 0.533. The summed E-state index contributed by atoms with van der Waals surface area (Å²) in [5.41, 5.74) is 2.30. The van der Waals surface area contributed by atoms with Crippen molar-refractivity contribution in [3.63, 3.8) is 0 Å². The lowest BCUT2D eigenvalue weighted by Gasteiger charge is -2.33. The van der Waals surface area contributed by atoms with Crippen LogP contribution >= 0.6 is 0 Å². The van der Waals surface area contributed by atoms with E-state index in [1.807, 2.05) is 6.20 Å². The topological polar surface area (TPSA) is 44.0 Å². The summed E-state index contributed by atoms with van der Waals surface area (Å²) in [7, 11) is 0. The van der Waals surface area contributed by atoms with Gasteiger partial charge in [-0.3, -0.25) is 5.10 Å². The van der Waals surface area contributed by atoms with E-state index in [0.717, 1.165) is 12.1 Å². The Morgan fingerprint density at radius 1 is 1.47 bits per heavy atom. The number of piperidine rings is 1. The van der Waals surface area contributed by atoms with Crippen LogP contribution in [0.5, 0.6) is 0 Å². The predicted octanol–water partition coefficient (Wildman–Crippen LogP) is 2.85. The lowest BCUT2D eigenvalue weighted by molar-refractivity contribution is 0.217. The number of H-pyrrole nitrogens is 1. The highest BCUT2D eigenvalue weighted by Gasteiger charge is 2.18. The van der Waals surface area contributed by atoms with Gasteiger partial charge < -0.3 is 10.2 Å². The van der Waals surface area contributed by atoms with Gasteiger partial charge in [0.15, 0.2) is 0 Å². The van der Waals surface area contributed by atoms with Crippen LogP contribution in [0.4, 0.5) is 5.69 Å². The Bertz CT molecular complexity index is 532. The third-order valence-electron chi connectivity index (χ3n) is 3.86. The van der Waals surface area contributed by atoms with E-state index in [9.17, 15) is 0 Å². The maximum atomic E-state index is 4.06. The van der Waals surface area contributed by atoms with E-state index in [0.29, 0.717) is 6.04 Å². The number of benzene rings is 1. The largest absolute Gasteiger partial charge is 0.381 e. The highest BCUT2D eigenvalue weighted by molar-refractivity contribution is 5.81. The number of fused-ring (bicyclic) bond motifs is 1. The molecule has 0 amide bonds. The first-order valence-electron chi connectivity index (χ1n) is 7.27. The Morgan fingerprint density at radius 2 is 2.42 bits per heavy atom. The van der Waals surface area contributed by atoms with Crippen LogP contribution in [-0.2, 0) is 0 Å². The van der Waals surface area contributed by atoms with Crippen molar-refractivity contribution in [2.45, 2.75) is 32.2 Å². The van der Waals surface area contributed by atoms with Gasteiger partial charge in [-0.25, -0.2) is 0 Å². The predicted molar refractivity (Wildman–Crippen MR) is 79.5 cm³/mol. The van der Waals surface area contributed by atoms with Crippen LogP contribution in [0.25, 0.3) is 10.9 Å². The summed E-state index contributed by atoms with van der Waals surface area (Å²) in [6.45, 7) is 5.90. The van der Waals surface area contributed by atoms with Crippen LogP contribution in [0.1, 0.15) is 26.2 Å². The monoisotopic (exact) mass is 258 g/mol. The van der Waals surface area contributed by atoms with Gasteiger partial charge in [0.1, 0.15) is 0 Å². The summed E-state index contributed by atoms with van der Waals surface area (Å²) in [6, 6.07) is 6.98. The van der Waals surface area contributed by atoms with Gasteiger partial charge in [-0.15, -0.1) is 0 Å². The van der Waals surface area contributed by atoms with Crippen molar-refractivity contribution in [2.24, 2.45) is 0 Å². The van der Waals surface area contributed by atoms with Crippen LogP contribution in [0, 0.1) is 0 Å². The molecule has 3 rings (SSSR count). The lowest BCUT2D eigenvalue weighted by atomic mass is 10.0. The molecule has 0 radical (unpaired) electrons. The zero-order valence-corrected chi connectivity index (χ0v) is 11.5. The van der Waals surface area contributed by atoms with Crippen LogP contribution in [0.2, 0.25) is 0 Å². The average Bonchev–Trinajstić information content (AvgIpc) is 2.87. The van der Waals surface area contributed by atoms with Gasteiger partial charge >= 0.3 is 0 Å². The standard InChI is InChI=1S/C15H22N4/c1-2-7-19-8-3-4-14(11-19)17-13-5-6-15-12(9-13)10-16-18-15/h5-6,9-10,14,17H,2-4,7-8,11H2,1H3,(H,16,18). The van der Waals surface area contributed by atoms with Crippen LogP contribution in [-0.4, -0.2) is 40.8 Å². The van der Waals surface area contributed by atoms with Gasteiger partial charge in [-0.05, 0) is 50.6 Å². The molecular weight excluding hydrogens is 236 g/mol. The molecule has 2 N–H and O–H groups in total. The Morgan fingerprint density at radius 3 is 3.32 bits per heavy atom. The van der Waals surface area contributed by atoms with Gasteiger partial charge in [0.05, 0.1) is 11.7 Å². The number of rotatable bonds is 4. The molecular formula is C15H22N4. The number of anilines is 1. The normalized spacial score (nSPS) is 20.8. The van der Waals surface area contributed by atoms with E-state index in [4.69, 9.17) is 0 Å². The third-order valence-corrected chi connectivity index (χ3v) is 3.86. The molecule has 2 heterocycles. The van der Waals surface area contributed by atoms with Gasteiger partial charge in [0.2, 0.25) is 0 Å². The molecule has 2 aromatic rings. The minimum atomic E-state index is 0.574. The highest BCUT2D eigenvalue weighted by Crippen LogP contribution is 2.20. The molecule has 1 fully saturated rings. The van der Waals surface area contributed by atoms with E-state index >= 15 is 0 Å². The van der Waals surface area contributed by atoms with E-state index in [-0.39, 0.29) is 0 Å². The van der Waals surface area contributed by atoms with Gasteiger partial charge in [0.25, 0.3) is 0 Å². The molecule has 1 atom stereocenters. The maximum absolute atomic E-state index is 4.06. The van der Waals surface area contributed by atoms with E-state index in [1.54, 1.807) is 0 Å². The second kappa shape index (κ2) is 5.61. The number of aromatic amines is 1. The van der Waals surface area contributed by atoms with Gasteiger partial charge in [0, 0.05) is 23.7 Å².